The van der Waals surface area contributed by atoms with Crippen LogP contribution >= 0.6 is 15.9 Å². The summed E-state index contributed by atoms with van der Waals surface area (Å²) in [6, 6.07) is 4.45. The van der Waals surface area contributed by atoms with E-state index in [0.29, 0.717) is 4.47 Å². The summed E-state index contributed by atoms with van der Waals surface area (Å²) < 4.78 is 0.527. The van der Waals surface area contributed by atoms with Crippen LogP contribution in [0.15, 0.2) is 22.7 Å². The molecule has 4 N–H and O–H groups in total. The van der Waals surface area contributed by atoms with Gasteiger partial charge in [0.1, 0.15) is 0 Å². The van der Waals surface area contributed by atoms with Crippen LogP contribution in [0.2, 0.25) is 0 Å². The number of rotatable bonds is 5. The summed E-state index contributed by atoms with van der Waals surface area (Å²) in [4.78, 5) is 22.9. The third-order valence-electron chi connectivity index (χ3n) is 2.79. The average Bonchev–Trinajstić information content (AvgIpc) is 2.31. The number of halogens is 1. The molecule has 1 amide bonds. The van der Waals surface area contributed by atoms with Crippen LogP contribution in [-0.4, -0.2) is 23.0 Å². The molecule has 1 unspecified atom stereocenters. The van der Waals surface area contributed by atoms with E-state index in [1.165, 1.54) is 6.07 Å². The molecule has 0 bridgehead atoms. The van der Waals surface area contributed by atoms with Crippen LogP contribution in [0.25, 0.3) is 0 Å². The molecule has 1 aromatic carbocycles. The second kappa shape index (κ2) is 6.68. The van der Waals surface area contributed by atoms with Gasteiger partial charge in [-0.3, -0.25) is 4.79 Å². The zero-order valence-corrected chi connectivity index (χ0v) is 12.4. The van der Waals surface area contributed by atoms with Crippen molar-refractivity contribution in [3.8, 4) is 0 Å². The lowest BCUT2D eigenvalue weighted by Crippen LogP contribution is -2.31. The number of carbonyl (C=O) groups excluding carboxylic acids is 1. The lowest BCUT2D eigenvalue weighted by molar-refractivity contribution is -0.116. The second-order valence-electron chi connectivity index (χ2n) is 4.63. The molecule has 0 saturated heterocycles. The molecule has 1 rings (SSSR count). The van der Waals surface area contributed by atoms with Gasteiger partial charge in [-0.1, -0.05) is 19.9 Å². The maximum Gasteiger partial charge on any atom is 0.337 e. The minimum Gasteiger partial charge on any atom is -0.478 e. The normalized spacial score (nSPS) is 12.3. The van der Waals surface area contributed by atoms with E-state index >= 15 is 0 Å². The van der Waals surface area contributed by atoms with E-state index in [-0.39, 0.29) is 35.5 Å². The smallest absolute Gasteiger partial charge is 0.337 e. The largest absolute Gasteiger partial charge is 0.478 e. The molecule has 0 aliphatic carbocycles. The molecule has 0 spiro atoms. The van der Waals surface area contributed by atoms with Gasteiger partial charge in [0.2, 0.25) is 5.91 Å². The summed E-state index contributed by atoms with van der Waals surface area (Å²) in [7, 11) is 0. The van der Waals surface area contributed by atoms with Crippen molar-refractivity contribution in [3.63, 3.8) is 0 Å². The number of benzene rings is 1. The standard InChI is InChI=1S/C13H17BrN2O3/c1-7(2)10(15)6-11(17)16-12-8(13(18)19)4-3-5-9(12)14/h3-5,7,10H,6,15H2,1-2H3,(H,16,17)(H,18,19). The summed E-state index contributed by atoms with van der Waals surface area (Å²) >= 11 is 3.23. The van der Waals surface area contributed by atoms with Gasteiger partial charge in [-0.05, 0) is 34.0 Å². The van der Waals surface area contributed by atoms with Gasteiger partial charge in [0.15, 0.2) is 0 Å². The predicted octanol–water partition coefficient (Wildman–Crippen LogP) is 2.46. The van der Waals surface area contributed by atoms with Crippen molar-refractivity contribution in [2.45, 2.75) is 26.3 Å². The zero-order chi connectivity index (χ0) is 14.6. The maximum absolute atomic E-state index is 11.8. The van der Waals surface area contributed by atoms with Gasteiger partial charge in [0.25, 0.3) is 0 Å². The number of para-hydroxylation sites is 1. The molecule has 0 saturated carbocycles. The SMILES string of the molecule is CC(C)C(N)CC(=O)Nc1c(Br)cccc1C(=O)O. The quantitative estimate of drug-likeness (QED) is 0.774. The highest BCUT2D eigenvalue weighted by Crippen LogP contribution is 2.26. The number of carboxylic acids is 1. The van der Waals surface area contributed by atoms with Gasteiger partial charge < -0.3 is 16.2 Å². The number of nitrogens with two attached hydrogens (primary N) is 1. The number of carbonyl (C=O) groups is 2. The highest BCUT2D eigenvalue weighted by Gasteiger charge is 2.18. The fourth-order valence-electron chi connectivity index (χ4n) is 1.47. The van der Waals surface area contributed by atoms with Crippen LogP contribution in [0.5, 0.6) is 0 Å². The van der Waals surface area contributed by atoms with Crippen LogP contribution in [0.1, 0.15) is 30.6 Å². The number of anilines is 1. The third-order valence-corrected chi connectivity index (χ3v) is 3.45. The molecule has 1 atom stereocenters. The number of amides is 1. The molecular weight excluding hydrogens is 312 g/mol. The minimum atomic E-state index is -1.09. The lowest BCUT2D eigenvalue weighted by atomic mass is 10.0. The average molecular weight is 329 g/mol. The molecule has 0 fully saturated rings. The van der Waals surface area contributed by atoms with Crippen molar-refractivity contribution in [3.05, 3.63) is 28.2 Å². The Morgan fingerprint density at radius 1 is 1.42 bits per heavy atom. The monoisotopic (exact) mass is 328 g/mol. The fourth-order valence-corrected chi connectivity index (χ4v) is 1.93. The van der Waals surface area contributed by atoms with Crippen LogP contribution in [0.4, 0.5) is 5.69 Å². The summed E-state index contributed by atoms with van der Waals surface area (Å²) in [6.07, 6.45) is 0.151. The van der Waals surface area contributed by atoms with Crippen molar-refractivity contribution >= 4 is 33.5 Å². The molecule has 0 aliphatic rings. The van der Waals surface area contributed by atoms with E-state index in [0.717, 1.165) is 0 Å². The van der Waals surface area contributed by atoms with Crippen LogP contribution in [0.3, 0.4) is 0 Å². The Hall–Kier alpha value is -1.40. The van der Waals surface area contributed by atoms with E-state index in [4.69, 9.17) is 10.8 Å². The Labute approximate surface area is 120 Å². The Bertz CT molecular complexity index is 489. The first-order valence-electron chi connectivity index (χ1n) is 5.90. The van der Waals surface area contributed by atoms with Gasteiger partial charge >= 0.3 is 5.97 Å². The molecule has 19 heavy (non-hydrogen) atoms. The maximum atomic E-state index is 11.8. The summed E-state index contributed by atoms with van der Waals surface area (Å²) in [5.41, 5.74) is 6.12. The molecule has 104 valence electrons. The molecule has 0 aliphatic heterocycles. The molecule has 0 radical (unpaired) electrons. The van der Waals surface area contributed by atoms with Gasteiger partial charge in [-0.15, -0.1) is 0 Å². The van der Waals surface area contributed by atoms with E-state index < -0.39 is 5.97 Å². The molecule has 6 heteroatoms. The molecule has 1 aromatic rings. The first-order chi connectivity index (χ1) is 8.82. The van der Waals surface area contributed by atoms with Crippen molar-refractivity contribution in [2.24, 2.45) is 11.7 Å². The summed E-state index contributed by atoms with van der Waals surface area (Å²) in [5.74, 6) is -1.20. The number of nitrogens with one attached hydrogen (secondary N) is 1. The first-order valence-corrected chi connectivity index (χ1v) is 6.69. The van der Waals surface area contributed by atoms with Crippen molar-refractivity contribution in [1.82, 2.24) is 0 Å². The minimum absolute atomic E-state index is 0.0424. The molecule has 0 heterocycles. The summed E-state index contributed by atoms with van der Waals surface area (Å²) in [6.45, 7) is 3.86. The number of hydrogen-bond donors (Lipinski definition) is 3. The van der Waals surface area contributed by atoms with E-state index in [1.807, 2.05) is 13.8 Å². The molecule has 0 aromatic heterocycles. The number of aromatic carboxylic acids is 1. The van der Waals surface area contributed by atoms with Crippen LogP contribution in [-0.2, 0) is 4.79 Å². The lowest BCUT2D eigenvalue weighted by Gasteiger charge is -2.16. The van der Waals surface area contributed by atoms with Gasteiger partial charge in [-0.25, -0.2) is 4.79 Å². The van der Waals surface area contributed by atoms with Crippen molar-refractivity contribution in [2.75, 3.05) is 5.32 Å². The number of carboxylic acid groups (broad SMARTS) is 1. The second-order valence-corrected chi connectivity index (χ2v) is 5.48. The summed E-state index contributed by atoms with van der Waals surface area (Å²) in [5, 5.41) is 11.7. The number of hydrogen-bond acceptors (Lipinski definition) is 3. The van der Waals surface area contributed by atoms with Crippen molar-refractivity contribution < 1.29 is 14.7 Å². The predicted molar refractivity (Wildman–Crippen MR) is 77.2 cm³/mol. The molecular formula is C13H17BrN2O3. The molecule has 5 nitrogen and oxygen atoms in total. The zero-order valence-electron chi connectivity index (χ0n) is 10.8. The highest BCUT2D eigenvalue weighted by atomic mass is 79.9. The van der Waals surface area contributed by atoms with Crippen molar-refractivity contribution in [1.29, 1.82) is 0 Å². The Morgan fingerprint density at radius 2 is 2.05 bits per heavy atom. The van der Waals surface area contributed by atoms with E-state index in [9.17, 15) is 9.59 Å². The van der Waals surface area contributed by atoms with Gasteiger partial charge in [-0.2, -0.15) is 0 Å². The van der Waals surface area contributed by atoms with Gasteiger partial charge in [0, 0.05) is 16.9 Å². The topological polar surface area (TPSA) is 92.4 Å². The van der Waals surface area contributed by atoms with Crippen LogP contribution in [0, 0.1) is 5.92 Å². The van der Waals surface area contributed by atoms with E-state index in [2.05, 4.69) is 21.2 Å². The van der Waals surface area contributed by atoms with Gasteiger partial charge in [0.05, 0.1) is 11.3 Å². The van der Waals surface area contributed by atoms with Crippen LogP contribution < -0.4 is 11.1 Å². The van der Waals surface area contributed by atoms with E-state index in [1.54, 1.807) is 12.1 Å². The first kappa shape index (κ1) is 15.7. The Morgan fingerprint density at radius 3 is 2.58 bits per heavy atom. The highest BCUT2D eigenvalue weighted by molar-refractivity contribution is 9.10. The third kappa shape index (κ3) is 4.33. The fraction of sp³-hybridized carbons (Fsp3) is 0.385. The Kier molecular flexibility index (Phi) is 5.50. The Balaban J connectivity index is 2.88.